The lowest BCUT2D eigenvalue weighted by Crippen LogP contribution is -2.10. The summed E-state index contributed by atoms with van der Waals surface area (Å²) < 4.78 is 2.03. The van der Waals surface area contributed by atoms with Gasteiger partial charge in [-0.3, -0.25) is 4.79 Å². The second-order valence-electron chi connectivity index (χ2n) is 4.67. The zero-order chi connectivity index (χ0) is 14.8. The molecule has 1 aliphatic heterocycles. The van der Waals surface area contributed by atoms with Crippen molar-refractivity contribution in [2.45, 2.75) is 29.4 Å². The van der Waals surface area contributed by atoms with Gasteiger partial charge in [0.05, 0.1) is 11.7 Å². The van der Waals surface area contributed by atoms with E-state index in [9.17, 15) is 4.79 Å². The first-order valence-corrected chi connectivity index (χ1v) is 8.67. The van der Waals surface area contributed by atoms with Crippen LogP contribution in [-0.2, 0) is 11.3 Å². The molecule has 0 amide bonds. The predicted octanol–water partition coefficient (Wildman–Crippen LogP) is 2.71. The number of nitrogens with zero attached hydrogens (tertiary/aromatic N) is 3. The number of thioether (sulfide) groups is 2. The zero-order valence-corrected chi connectivity index (χ0v) is 13.2. The van der Waals surface area contributed by atoms with Crippen LogP contribution >= 0.6 is 23.5 Å². The molecule has 1 aromatic heterocycles. The van der Waals surface area contributed by atoms with Gasteiger partial charge < -0.3 is 9.67 Å². The van der Waals surface area contributed by atoms with Crippen LogP contribution in [0.3, 0.4) is 0 Å². The molecule has 1 N–H and O–H groups in total. The van der Waals surface area contributed by atoms with E-state index in [1.54, 1.807) is 0 Å². The highest BCUT2D eigenvalue weighted by Crippen LogP contribution is 2.42. The van der Waals surface area contributed by atoms with E-state index in [0.29, 0.717) is 5.16 Å². The van der Waals surface area contributed by atoms with Crippen LogP contribution in [0.2, 0.25) is 0 Å². The molecule has 1 aromatic carbocycles. The highest BCUT2D eigenvalue weighted by Gasteiger charge is 2.29. The van der Waals surface area contributed by atoms with E-state index in [0.717, 1.165) is 18.1 Å². The molecule has 0 saturated heterocycles. The van der Waals surface area contributed by atoms with Gasteiger partial charge in [0.1, 0.15) is 5.82 Å². The van der Waals surface area contributed by atoms with Crippen LogP contribution in [0.5, 0.6) is 0 Å². The lowest BCUT2D eigenvalue weighted by Gasteiger charge is -2.12. The van der Waals surface area contributed by atoms with Crippen molar-refractivity contribution in [3.63, 3.8) is 0 Å². The molecule has 3 rings (SSSR count). The second kappa shape index (κ2) is 6.11. The summed E-state index contributed by atoms with van der Waals surface area (Å²) in [4.78, 5) is 12.0. The molecule has 2 aromatic rings. The number of aromatic nitrogens is 3. The number of carboxylic acid groups (broad SMARTS) is 1. The first kappa shape index (κ1) is 14.5. The fourth-order valence-electron chi connectivity index (χ4n) is 2.46. The summed E-state index contributed by atoms with van der Waals surface area (Å²) in [7, 11) is 0. The maximum atomic E-state index is 10.7. The molecule has 0 aliphatic carbocycles. The SMILES string of the molecule is CCn1c(SCC(=O)O)nnc1C1CSc2ccccc21. The predicted molar refractivity (Wildman–Crippen MR) is 83.1 cm³/mol. The highest BCUT2D eigenvalue weighted by molar-refractivity contribution is 8.00. The van der Waals surface area contributed by atoms with Crippen LogP contribution in [0, 0.1) is 0 Å². The van der Waals surface area contributed by atoms with Gasteiger partial charge >= 0.3 is 5.97 Å². The van der Waals surface area contributed by atoms with Crippen LogP contribution in [0.15, 0.2) is 34.3 Å². The summed E-state index contributed by atoms with van der Waals surface area (Å²) in [6.07, 6.45) is 0. The van der Waals surface area contributed by atoms with Crippen molar-refractivity contribution in [2.24, 2.45) is 0 Å². The number of hydrogen-bond donors (Lipinski definition) is 1. The van der Waals surface area contributed by atoms with Crippen molar-refractivity contribution < 1.29 is 9.90 Å². The largest absolute Gasteiger partial charge is 0.481 e. The first-order valence-electron chi connectivity index (χ1n) is 6.70. The summed E-state index contributed by atoms with van der Waals surface area (Å²) in [6.45, 7) is 2.78. The number of benzene rings is 1. The van der Waals surface area contributed by atoms with Gasteiger partial charge in [0.25, 0.3) is 0 Å². The van der Waals surface area contributed by atoms with Crippen LogP contribution in [0.25, 0.3) is 0 Å². The molecule has 1 unspecified atom stereocenters. The standard InChI is InChI=1S/C14H15N3O2S2/c1-2-17-13(15-16-14(17)21-8-12(18)19)10-7-20-11-6-4-3-5-9(10)11/h3-6,10H,2,7-8H2,1H3,(H,18,19). The molecule has 0 fully saturated rings. The van der Waals surface area contributed by atoms with E-state index >= 15 is 0 Å². The van der Waals surface area contributed by atoms with Crippen LogP contribution in [-0.4, -0.2) is 37.3 Å². The van der Waals surface area contributed by atoms with Crippen LogP contribution < -0.4 is 0 Å². The average molecular weight is 321 g/mol. The van der Waals surface area contributed by atoms with Crippen molar-refractivity contribution in [1.29, 1.82) is 0 Å². The normalized spacial score (nSPS) is 16.9. The number of hydrogen-bond acceptors (Lipinski definition) is 5. The minimum atomic E-state index is -0.839. The van der Waals surface area contributed by atoms with E-state index in [1.165, 1.54) is 22.2 Å². The van der Waals surface area contributed by atoms with E-state index < -0.39 is 5.97 Å². The Morgan fingerprint density at radius 3 is 3.05 bits per heavy atom. The monoisotopic (exact) mass is 321 g/mol. The molecule has 7 heteroatoms. The fourth-order valence-corrected chi connectivity index (χ4v) is 4.42. The van der Waals surface area contributed by atoms with Gasteiger partial charge in [-0.25, -0.2) is 0 Å². The summed E-state index contributed by atoms with van der Waals surface area (Å²) in [5, 5.41) is 18.0. The molecule has 5 nitrogen and oxygen atoms in total. The molecule has 1 aliphatic rings. The van der Waals surface area contributed by atoms with Gasteiger partial charge in [0, 0.05) is 17.2 Å². The number of carboxylic acids is 1. The third-order valence-corrected chi connectivity index (χ3v) is 5.53. The molecule has 2 heterocycles. The summed E-state index contributed by atoms with van der Waals surface area (Å²) >= 11 is 3.06. The van der Waals surface area contributed by atoms with E-state index in [2.05, 4.69) is 22.3 Å². The summed E-state index contributed by atoms with van der Waals surface area (Å²) in [5.41, 5.74) is 1.29. The van der Waals surface area contributed by atoms with Gasteiger partial charge in [0.2, 0.25) is 0 Å². The Morgan fingerprint density at radius 2 is 2.29 bits per heavy atom. The Balaban J connectivity index is 1.91. The van der Waals surface area contributed by atoms with Crippen LogP contribution in [0.1, 0.15) is 24.2 Å². The Hall–Kier alpha value is -1.47. The van der Waals surface area contributed by atoms with Crippen molar-refractivity contribution in [1.82, 2.24) is 14.8 Å². The smallest absolute Gasteiger partial charge is 0.313 e. The van der Waals surface area contributed by atoms with E-state index in [1.807, 2.05) is 35.4 Å². The number of carbonyl (C=O) groups is 1. The molecule has 21 heavy (non-hydrogen) atoms. The third kappa shape index (κ3) is 2.80. The van der Waals surface area contributed by atoms with Gasteiger partial charge in [-0.2, -0.15) is 0 Å². The Bertz CT molecular complexity index is 672. The quantitative estimate of drug-likeness (QED) is 0.854. The molecule has 0 saturated carbocycles. The second-order valence-corrected chi connectivity index (χ2v) is 6.67. The van der Waals surface area contributed by atoms with Gasteiger partial charge in [0.15, 0.2) is 5.16 Å². The molecule has 0 spiro atoms. The first-order chi connectivity index (χ1) is 10.2. The number of rotatable bonds is 5. The number of fused-ring (bicyclic) bond motifs is 1. The van der Waals surface area contributed by atoms with E-state index in [-0.39, 0.29) is 11.7 Å². The van der Waals surface area contributed by atoms with Gasteiger partial charge in [-0.1, -0.05) is 30.0 Å². The highest BCUT2D eigenvalue weighted by atomic mass is 32.2. The molecule has 1 atom stereocenters. The van der Waals surface area contributed by atoms with Crippen molar-refractivity contribution in [2.75, 3.05) is 11.5 Å². The molecule has 110 valence electrons. The fraction of sp³-hybridized carbons (Fsp3) is 0.357. The zero-order valence-electron chi connectivity index (χ0n) is 11.5. The van der Waals surface area contributed by atoms with Crippen LogP contribution in [0.4, 0.5) is 0 Å². The molecular weight excluding hydrogens is 306 g/mol. The maximum absolute atomic E-state index is 10.7. The third-order valence-electron chi connectivity index (χ3n) is 3.40. The van der Waals surface area contributed by atoms with Crippen molar-refractivity contribution >= 4 is 29.5 Å². The minimum Gasteiger partial charge on any atom is -0.481 e. The van der Waals surface area contributed by atoms with Gasteiger partial charge in [-0.15, -0.1) is 22.0 Å². The Labute approximate surface area is 131 Å². The topological polar surface area (TPSA) is 68.0 Å². The minimum absolute atomic E-state index is 0.00807. The molecule has 0 bridgehead atoms. The maximum Gasteiger partial charge on any atom is 0.313 e. The molecule has 0 radical (unpaired) electrons. The molecular formula is C14H15N3O2S2. The van der Waals surface area contributed by atoms with Gasteiger partial charge in [-0.05, 0) is 18.6 Å². The average Bonchev–Trinajstić information content (AvgIpc) is 3.08. The number of aliphatic carboxylic acids is 1. The van der Waals surface area contributed by atoms with E-state index in [4.69, 9.17) is 5.11 Å². The Kier molecular flexibility index (Phi) is 4.21. The Morgan fingerprint density at radius 1 is 1.48 bits per heavy atom. The lowest BCUT2D eigenvalue weighted by atomic mass is 10.0. The van der Waals surface area contributed by atoms with Crippen molar-refractivity contribution in [3.05, 3.63) is 35.7 Å². The van der Waals surface area contributed by atoms with Crippen molar-refractivity contribution in [3.8, 4) is 0 Å². The lowest BCUT2D eigenvalue weighted by molar-refractivity contribution is -0.133. The summed E-state index contributed by atoms with van der Waals surface area (Å²) in [6, 6.07) is 8.36. The summed E-state index contributed by atoms with van der Waals surface area (Å²) in [5.74, 6) is 1.30.